The largest absolute Gasteiger partial charge is 0.422 e. The lowest BCUT2D eigenvalue weighted by atomic mass is 10.1. The summed E-state index contributed by atoms with van der Waals surface area (Å²) in [6.07, 6.45) is -5.64. The summed E-state index contributed by atoms with van der Waals surface area (Å²) in [7, 11) is 0. The Hall–Kier alpha value is -2.58. The van der Waals surface area contributed by atoms with Crippen LogP contribution in [0.1, 0.15) is 15.9 Å². The van der Waals surface area contributed by atoms with Gasteiger partial charge in [0.25, 0.3) is 5.91 Å². The lowest BCUT2D eigenvalue weighted by molar-refractivity contribution is -0.143. The maximum absolute atomic E-state index is 13.6. The van der Waals surface area contributed by atoms with Crippen molar-refractivity contribution < 1.29 is 35.5 Å². The summed E-state index contributed by atoms with van der Waals surface area (Å²) >= 11 is 0. The number of benzene rings is 2. The van der Waals surface area contributed by atoms with Gasteiger partial charge in [-0.1, -0.05) is 18.2 Å². The minimum atomic E-state index is -5.64. The minimum Gasteiger partial charge on any atom is -0.317 e. The molecule has 122 valence electrons. The summed E-state index contributed by atoms with van der Waals surface area (Å²) in [6.45, 7) is 0. The Morgan fingerprint density at radius 1 is 0.826 bits per heavy atom. The van der Waals surface area contributed by atoms with Crippen LogP contribution >= 0.6 is 0 Å². The Bertz CT molecular complexity index is 727. The maximum atomic E-state index is 13.6. The van der Waals surface area contributed by atoms with Crippen molar-refractivity contribution in [3.8, 4) is 0 Å². The van der Waals surface area contributed by atoms with Crippen molar-refractivity contribution in [2.75, 3.05) is 5.32 Å². The van der Waals surface area contributed by atoms with E-state index in [1.165, 1.54) is 35.6 Å². The van der Waals surface area contributed by atoms with E-state index in [9.17, 15) is 35.5 Å². The number of anilines is 1. The van der Waals surface area contributed by atoms with E-state index in [-0.39, 0.29) is 5.56 Å². The Morgan fingerprint density at radius 2 is 1.30 bits per heavy atom. The number of hydrogen-bond acceptors (Lipinski definition) is 1. The maximum Gasteiger partial charge on any atom is 0.422 e. The zero-order chi connectivity index (χ0) is 17.4. The third kappa shape index (κ3) is 3.13. The van der Waals surface area contributed by atoms with E-state index >= 15 is 0 Å². The van der Waals surface area contributed by atoms with Crippen molar-refractivity contribution in [3.63, 3.8) is 0 Å². The third-order valence-electron chi connectivity index (χ3n) is 2.82. The smallest absolute Gasteiger partial charge is 0.317 e. The van der Waals surface area contributed by atoms with Crippen molar-refractivity contribution in [1.82, 2.24) is 0 Å². The van der Waals surface area contributed by atoms with Gasteiger partial charge in [0, 0.05) is 5.56 Å². The lowest BCUT2D eigenvalue weighted by Crippen LogP contribution is -2.20. The molecule has 0 atom stereocenters. The van der Waals surface area contributed by atoms with Crippen molar-refractivity contribution in [1.29, 1.82) is 0 Å². The standard InChI is InChI=1S/C14H6F7NO/c15-8-7(14(19,20)21)9(16)11(18)12(10(8)17)22-13(23)6-4-2-1-3-5-6/h1-5H,(H,22,23). The molecular weight excluding hydrogens is 331 g/mol. The van der Waals surface area contributed by atoms with Gasteiger partial charge in [-0.05, 0) is 12.1 Å². The Kier molecular flexibility index (Phi) is 4.31. The van der Waals surface area contributed by atoms with Crippen LogP contribution in [-0.4, -0.2) is 5.91 Å². The Morgan fingerprint density at radius 3 is 1.74 bits per heavy atom. The number of carbonyl (C=O) groups excluding carboxylic acids is 1. The van der Waals surface area contributed by atoms with Gasteiger partial charge in [0.1, 0.15) is 11.3 Å². The van der Waals surface area contributed by atoms with Gasteiger partial charge < -0.3 is 5.32 Å². The Labute approximate surface area is 124 Å². The van der Waals surface area contributed by atoms with Crippen molar-refractivity contribution in [2.24, 2.45) is 0 Å². The summed E-state index contributed by atoms with van der Waals surface area (Å²) in [6, 6.07) is 6.77. The number of nitrogens with one attached hydrogen (secondary N) is 1. The fraction of sp³-hybridized carbons (Fsp3) is 0.0714. The monoisotopic (exact) mass is 337 g/mol. The Balaban J connectivity index is 2.51. The van der Waals surface area contributed by atoms with Gasteiger partial charge in [-0.2, -0.15) is 13.2 Å². The summed E-state index contributed by atoms with van der Waals surface area (Å²) in [5, 5.41) is 1.52. The highest BCUT2D eigenvalue weighted by Gasteiger charge is 2.42. The molecular formula is C14H6F7NO. The molecule has 0 fully saturated rings. The summed E-state index contributed by atoms with van der Waals surface area (Å²) in [4.78, 5) is 11.7. The van der Waals surface area contributed by atoms with Crippen molar-refractivity contribution >= 4 is 11.6 Å². The van der Waals surface area contributed by atoms with Crippen LogP contribution in [0.5, 0.6) is 0 Å². The molecule has 0 radical (unpaired) electrons. The second-order valence-electron chi connectivity index (χ2n) is 4.32. The number of amides is 1. The summed E-state index contributed by atoms with van der Waals surface area (Å²) in [5.74, 6) is -11.1. The zero-order valence-corrected chi connectivity index (χ0v) is 10.9. The highest BCUT2D eigenvalue weighted by atomic mass is 19.4. The normalized spacial score (nSPS) is 11.4. The third-order valence-corrected chi connectivity index (χ3v) is 2.82. The first-order valence-electron chi connectivity index (χ1n) is 5.94. The highest BCUT2D eigenvalue weighted by molar-refractivity contribution is 6.04. The van der Waals surface area contributed by atoms with Crippen LogP contribution in [0.25, 0.3) is 0 Å². The lowest BCUT2D eigenvalue weighted by Gasteiger charge is -2.14. The van der Waals surface area contributed by atoms with E-state index in [0.717, 1.165) is 0 Å². The van der Waals surface area contributed by atoms with Crippen LogP contribution in [0, 0.1) is 23.3 Å². The van der Waals surface area contributed by atoms with E-state index in [0.29, 0.717) is 0 Å². The molecule has 0 aromatic heterocycles. The number of hydrogen-bond donors (Lipinski definition) is 1. The SMILES string of the molecule is O=C(Nc1c(F)c(F)c(C(F)(F)F)c(F)c1F)c1ccccc1. The van der Waals surface area contributed by atoms with Gasteiger partial charge in [0.2, 0.25) is 0 Å². The number of rotatable bonds is 2. The molecule has 0 aliphatic carbocycles. The van der Waals surface area contributed by atoms with Crippen molar-refractivity contribution in [2.45, 2.75) is 6.18 Å². The first-order chi connectivity index (χ1) is 10.6. The fourth-order valence-electron chi connectivity index (χ4n) is 1.77. The number of halogens is 7. The summed E-state index contributed by atoms with van der Waals surface area (Å²) in [5.41, 5.74) is -4.46. The average Bonchev–Trinajstić information content (AvgIpc) is 2.49. The predicted octanol–water partition coefficient (Wildman–Crippen LogP) is 4.51. The molecule has 0 unspecified atom stereocenters. The minimum absolute atomic E-state index is 0.119. The van der Waals surface area contributed by atoms with Gasteiger partial charge in [-0.15, -0.1) is 0 Å². The first-order valence-corrected chi connectivity index (χ1v) is 5.94. The second kappa shape index (κ2) is 5.90. The average molecular weight is 337 g/mol. The molecule has 0 saturated carbocycles. The first kappa shape index (κ1) is 16.8. The van der Waals surface area contributed by atoms with Crippen LogP contribution in [0.3, 0.4) is 0 Å². The van der Waals surface area contributed by atoms with E-state index in [1.807, 2.05) is 0 Å². The predicted molar refractivity (Wildman–Crippen MR) is 65.7 cm³/mol. The molecule has 0 bridgehead atoms. The quantitative estimate of drug-likeness (QED) is 0.634. The van der Waals surface area contributed by atoms with Crippen LogP contribution < -0.4 is 5.32 Å². The molecule has 1 N–H and O–H groups in total. The molecule has 0 saturated heterocycles. The van der Waals surface area contributed by atoms with Gasteiger partial charge in [0.05, 0.1) is 0 Å². The van der Waals surface area contributed by atoms with Crippen LogP contribution in [0.4, 0.5) is 36.4 Å². The van der Waals surface area contributed by atoms with Crippen LogP contribution in [-0.2, 0) is 6.18 Å². The van der Waals surface area contributed by atoms with E-state index < -0.39 is 46.6 Å². The van der Waals surface area contributed by atoms with Gasteiger partial charge in [-0.25, -0.2) is 17.6 Å². The van der Waals surface area contributed by atoms with Gasteiger partial charge >= 0.3 is 6.18 Å². The molecule has 0 aliphatic heterocycles. The molecule has 0 aliphatic rings. The zero-order valence-electron chi connectivity index (χ0n) is 10.9. The molecule has 1 amide bonds. The fourth-order valence-corrected chi connectivity index (χ4v) is 1.77. The second-order valence-corrected chi connectivity index (χ2v) is 4.32. The van der Waals surface area contributed by atoms with E-state index in [4.69, 9.17) is 0 Å². The molecule has 2 aromatic rings. The van der Waals surface area contributed by atoms with Crippen molar-refractivity contribution in [3.05, 3.63) is 64.7 Å². The van der Waals surface area contributed by atoms with E-state index in [1.54, 1.807) is 0 Å². The molecule has 23 heavy (non-hydrogen) atoms. The van der Waals surface area contributed by atoms with E-state index in [2.05, 4.69) is 0 Å². The molecule has 0 spiro atoms. The van der Waals surface area contributed by atoms with Crippen LogP contribution in [0.2, 0.25) is 0 Å². The highest BCUT2D eigenvalue weighted by Crippen LogP contribution is 2.38. The molecule has 2 rings (SSSR count). The number of alkyl halides is 3. The van der Waals surface area contributed by atoms with Gasteiger partial charge in [-0.3, -0.25) is 4.79 Å². The molecule has 9 heteroatoms. The van der Waals surface area contributed by atoms with Gasteiger partial charge in [0.15, 0.2) is 23.3 Å². The molecule has 2 nitrogen and oxygen atoms in total. The van der Waals surface area contributed by atoms with Crippen LogP contribution in [0.15, 0.2) is 30.3 Å². The molecule has 0 heterocycles. The molecule has 2 aromatic carbocycles. The number of carbonyl (C=O) groups is 1. The summed E-state index contributed by atoms with van der Waals surface area (Å²) < 4.78 is 91.3. The topological polar surface area (TPSA) is 29.1 Å².